The average molecular weight is 261 g/mol. The van der Waals surface area contributed by atoms with Crippen LogP contribution in [0.2, 0.25) is 0 Å². The minimum absolute atomic E-state index is 0.0544. The zero-order chi connectivity index (χ0) is 14.0. The van der Waals surface area contributed by atoms with Gasteiger partial charge in [-0.05, 0) is 36.5 Å². The van der Waals surface area contributed by atoms with E-state index in [0.717, 1.165) is 31.1 Å². The third kappa shape index (κ3) is 2.83. The standard InChI is InChI=1S/C15H23N3O/c1-10-6-7-18(9-11(10)2)14-8-12(16)4-5-13(14)15(19)17-3/h4-5,8,10-11H,6-7,9,16H2,1-3H3,(H,17,19). The summed E-state index contributed by atoms with van der Waals surface area (Å²) in [6.45, 7) is 6.53. The van der Waals surface area contributed by atoms with Crippen LogP contribution >= 0.6 is 0 Å². The first kappa shape index (κ1) is 13.7. The summed E-state index contributed by atoms with van der Waals surface area (Å²) in [4.78, 5) is 14.2. The minimum Gasteiger partial charge on any atom is -0.399 e. The van der Waals surface area contributed by atoms with Gasteiger partial charge in [-0.2, -0.15) is 0 Å². The van der Waals surface area contributed by atoms with Crippen LogP contribution < -0.4 is 16.0 Å². The second-order valence-corrected chi connectivity index (χ2v) is 5.54. The summed E-state index contributed by atoms with van der Waals surface area (Å²) < 4.78 is 0. The van der Waals surface area contributed by atoms with Gasteiger partial charge in [0.05, 0.1) is 11.3 Å². The normalized spacial score (nSPS) is 23.2. The van der Waals surface area contributed by atoms with Gasteiger partial charge in [-0.3, -0.25) is 4.79 Å². The molecule has 1 heterocycles. The van der Waals surface area contributed by atoms with Gasteiger partial charge < -0.3 is 16.0 Å². The number of rotatable bonds is 2. The van der Waals surface area contributed by atoms with E-state index < -0.39 is 0 Å². The number of piperidine rings is 1. The zero-order valence-electron chi connectivity index (χ0n) is 11.9. The van der Waals surface area contributed by atoms with Crippen LogP contribution in [0.3, 0.4) is 0 Å². The second kappa shape index (κ2) is 5.51. The van der Waals surface area contributed by atoms with Crippen molar-refractivity contribution >= 4 is 17.3 Å². The molecule has 2 atom stereocenters. The van der Waals surface area contributed by atoms with Crippen LogP contribution in [0, 0.1) is 11.8 Å². The van der Waals surface area contributed by atoms with Crippen molar-refractivity contribution in [1.82, 2.24) is 5.32 Å². The van der Waals surface area contributed by atoms with Crippen LogP contribution in [0.1, 0.15) is 30.6 Å². The van der Waals surface area contributed by atoms with Crippen molar-refractivity contribution in [2.45, 2.75) is 20.3 Å². The Kier molecular flexibility index (Phi) is 3.98. The molecule has 1 amide bonds. The highest BCUT2D eigenvalue weighted by atomic mass is 16.1. The lowest BCUT2D eigenvalue weighted by Crippen LogP contribution is -2.39. The Morgan fingerprint density at radius 2 is 2.11 bits per heavy atom. The molecule has 1 aromatic carbocycles. The molecule has 4 heteroatoms. The highest BCUT2D eigenvalue weighted by Gasteiger charge is 2.25. The molecule has 4 nitrogen and oxygen atoms in total. The largest absolute Gasteiger partial charge is 0.399 e. The molecule has 2 unspecified atom stereocenters. The van der Waals surface area contributed by atoms with Crippen LogP contribution in [-0.4, -0.2) is 26.0 Å². The van der Waals surface area contributed by atoms with Gasteiger partial charge in [0.2, 0.25) is 0 Å². The number of benzene rings is 1. The summed E-state index contributed by atoms with van der Waals surface area (Å²) in [5.41, 5.74) is 8.25. The summed E-state index contributed by atoms with van der Waals surface area (Å²) in [5.74, 6) is 1.31. The number of nitrogen functional groups attached to an aromatic ring is 1. The monoisotopic (exact) mass is 261 g/mol. The molecular weight excluding hydrogens is 238 g/mol. The number of nitrogens with zero attached hydrogens (tertiary/aromatic N) is 1. The van der Waals surface area contributed by atoms with Crippen LogP contribution in [0.5, 0.6) is 0 Å². The minimum atomic E-state index is -0.0544. The summed E-state index contributed by atoms with van der Waals surface area (Å²) in [5, 5.41) is 2.69. The van der Waals surface area contributed by atoms with Gasteiger partial charge in [0.25, 0.3) is 5.91 Å². The maximum absolute atomic E-state index is 12.0. The van der Waals surface area contributed by atoms with E-state index in [2.05, 4.69) is 24.1 Å². The molecule has 0 radical (unpaired) electrons. The van der Waals surface area contributed by atoms with Crippen molar-refractivity contribution < 1.29 is 4.79 Å². The molecular formula is C15H23N3O. The van der Waals surface area contributed by atoms with Gasteiger partial charge in [0.1, 0.15) is 0 Å². The first-order valence-electron chi connectivity index (χ1n) is 6.89. The molecule has 1 saturated heterocycles. The molecule has 2 rings (SSSR count). The van der Waals surface area contributed by atoms with E-state index in [1.54, 1.807) is 13.1 Å². The molecule has 3 N–H and O–H groups in total. The molecule has 1 aromatic rings. The fourth-order valence-electron chi connectivity index (χ4n) is 2.62. The lowest BCUT2D eigenvalue weighted by molar-refractivity contribution is 0.0963. The quantitative estimate of drug-likeness (QED) is 0.802. The summed E-state index contributed by atoms with van der Waals surface area (Å²) in [7, 11) is 1.66. The lowest BCUT2D eigenvalue weighted by Gasteiger charge is -2.37. The van der Waals surface area contributed by atoms with Crippen LogP contribution in [0.25, 0.3) is 0 Å². The smallest absolute Gasteiger partial charge is 0.253 e. The van der Waals surface area contributed by atoms with E-state index in [9.17, 15) is 4.79 Å². The number of anilines is 2. The second-order valence-electron chi connectivity index (χ2n) is 5.54. The Balaban J connectivity index is 2.32. The van der Waals surface area contributed by atoms with Crippen molar-refractivity contribution in [3.05, 3.63) is 23.8 Å². The number of hydrogen-bond donors (Lipinski definition) is 2. The topological polar surface area (TPSA) is 58.4 Å². The number of nitrogens with two attached hydrogens (primary N) is 1. The Hall–Kier alpha value is -1.71. The van der Waals surface area contributed by atoms with Crippen LogP contribution in [-0.2, 0) is 0 Å². The summed E-state index contributed by atoms with van der Waals surface area (Å²) in [6.07, 6.45) is 1.16. The number of amides is 1. The molecule has 0 aromatic heterocycles. The number of nitrogens with one attached hydrogen (secondary N) is 1. The van der Waals surface area contributed by atoms with Crippen molar-refractivity contribution in [2.24, 2.45) is 11.8 Å². The molecule has 0 spiro atoms. The number of carbonyl (C=O) groups is 1. The van der Waals surface area contributed by atoms with E-state index in [1.807, 2.05) is 12.1 Å². The van der Waals surface area contributed by atoms with Crippen LogP contribution in [0.4, 0.5) is 11.4 Å². The molecule has 104 valence electrons. The molecule has 1 aliphatic rings. The van der Waals surface area contributed by atoms with Crippen molar-refractivity contribution in [3.63, 3.8) is 0 Å². The van der Waals surface area contributed by atoms with Gasteiger partial charge >= 0.3 is 0 Å². The molecule has 19 heavy (non-hydrogen) atoms. The summed E-state index contributed by atoms with van der Waals surface area (Å²) in [6, 6.07) is 5.50. The predicted molar refractivity (Wildman–Crippen MR) is 79.4 cm³/mol. The van der Waals surface area contributed by atoms with Gasteiger partial charge in [-0.25, -0.2) is 0 Å². The van der Waals surface area contributed by atoms with Crippen molar-refractivity contribution in [1.29, 1.82) is 0 Å². The van der Waals surface area contributed by atoms with Crippen molar-refractivity contribution in [3.8, 4) is 0 Å². The Bertz CT molecular complexity index is 472. The van der Waals surface area contributed by atoms with Gasteiger partial charge in [0, 0.05) is 25.8 Å². The first-order chi connectivity index (χ1) is 9.02. The number of carbonyl (C=O) groups excluding carboxylic acids is 1. The molecule has 1 fully saturated rings. The Morgan fingerprint density at radius 3 is 2.74 bits per heavy atom. The highest BCUT2D eigenvalue weighted by molar-refractivity contribution is 6.00. The fourth-order valence-corrected chi connectivity index (χ4v) is 2.62. The first-order valence-corrected chi connectivity index (χ1v) is 6.89. The van der Waals surface area contributed by atoms with E-state index in [4.69, 9.17) is 5.73 Å². The van der Waals surface area contributed by atoms with Crippen molar-refractivity contribution in [2.75, 3.05) is 30.8 Å². The molecule has 0 aliphatic carbocycles. The van der Waals surface area contributed by atoms with E-state index in [1.165, 1.54) is 0 Å². The molecule has 0 saturated carbocycles. The maximum Gasteiger partial charge on any atom is 0.253 e. The Morgan fingerprint density at radius 1 is 1.37 bits per heavy atom. The van der Waals surface area contributed by atoms with Gasteiger partial charge in [-0.1, -0.05) is 13.8 Å². The van der Waals surface area contributed by atoms with Crippen LogP contribution in [0.15, 0.2) is 18.2 Å². The summed E-state index contributed by atoms with van der Waals surface area (Å²) >= 11 is 0. The van der Waals surface area contributed by atoms with Gasteiger partial charge in [-0.15, -0.1) is 0 Å². The molecule has 1 aliphatic heterocycles. The highest BCUT2D eigenvalue weighted by Crippen LogP contribution is 2.30. The Labute approximate surface area is 115 Å². The third-order valence-corrected chi connectivity index (χ3v) is 4.17. The SMILES string of the molecule is CNC(=O)c1ccc(N)cc1N1CCC(C)C(C)C1. The van der Waals surface area contributed by atoms with Gasteiger partial charge in [0.15, 0.2) is 0 Å². The fraction of sp³-hybridized carbons (Fsp3) is 0.533. The zero-order valence-corrected chi connectivity index (χ0v) is 11.9. The third-order valence-electron chi connectivity index (χ3n) is 4.17. The lowest BCUT2D eigenvalue weighted by atomic mass is 9.88. The maximum atomic E-state index is 12.0. The number of hydrogen-bond acceptors (Lipinski definition) is 3. The average Bonchev–Trinajstić information content (AvgIpc) is 2.41. The van der Waals surface area contributed by atoms with E-state index in [0.29, 0.717) is 17.2 Å². The van der Waals surface area contributed by atoms with E-state index in [-0.39, 0.29) is 5.91 Å². The van der Waals surface area contributed by atoms with E-state index >= 15 is 0 Å². The predicted octanol–water partition coefficient (Wildman–Crippen LogP) is 2.11. The molecule has 0 bridgehead atoms.